The molecule has 8 heteroatoms. The van der Waals surface area contributed by atoms with Gasteiger partial charge in [-0.25, -0.2) is 4.98 Å². The van der Waals surface area contributed by atoms with Gasteiger partial charge in [0.1, 0.15) is 17.3 Å². The largest absolute Gasteiger partial charge is 0.508 e. The molecular formula is C25H26BrN5O2. The molecular weight excluding hydrogens is 482 g/mol. The molecule has 1 saturated heterocycles. The first-order valence-corrected chi connectivity index (χ1v) is 11.9. The van der Waals surface area contributed by atoms with Crippen LogP contribution in [0.3, 0.4) is 0 Å². The zero-order valence-corrected chi connectivity index (χ0v) is 19.7. The standard InChI is InChI=1S/C25H26BrN5O2/c26-21-14-28-31-24(12-22(29-25(21)31)20-5-1-2-6-23(20)33)27-13-18-4-3-11-30(16-18)15-17-7-9-19(32)10-8-17/h1-2,5-10,12,14,18,27,32-33H,3-4,11,13,15-16H2. The maximum atomic E-state index is 10.3. The molecule has 2 aromatic carbocycles. The molecule has 0 saturated carbocycles. The predicted molar refractivity (Wildman–Crippen MR) is 132 cm³/mol. The van der Waals surface area contributed by atoms with Gasteiger partial charge in [-0.05, 0) is 71.1 Å². The van der Waals surface area contributed by atoms with Gasteiger partial charge in [-0.15, -0.1) is 0 Å². The maximum absolute atomic E-state index is 10.3. The highest BCUT2D eigenvalue weighted by atomic mass is 79.9. The van der Waals surface area contributed by atoms with Crippen LogP contribution in [-0.2, 0) is 6.54 Å². The van der Waals surface area contributed by atoms with Crippen molar-refractivity contribution in [2.75, 3.05) is 25.0 Å². The smallest absolute Gasteiger partial charge is 0.172 e. The molecule has 0 spiro atoms. The summed E-state index contributed by atoms with van der Waals surface area (Å²) in [6, 6.07) is 16.6. The lowest BCUT2D eigenvalue weighted by Gasteiger charge is -2.33. The molecule has 4 aromatic rings. The molecule has 170 valence electrons. The van der Waals surface area contributed by atoms with Gasteiger partial charge in [0.15, 0.2) is 5.65 Å². The second-order valence-corrected chi connectivity index (χ2v) is 9.42. The lowest BCUT2D eigenvalue weighted by Crippen LogP contribution is -2.37. The minimum atomic E-state index is 0.202. The Labute approximate surface area is 200 Å². The number of nitrogens with one attached hydrogen (secondary N) is 1. The van der Waals surface area contributed by atoms with E-state index in [1.165, 1.54) is 12.0 Å². The Morgan fingerprint density at radius 1 is 1.09 bits per heavy atom. The number of rotatable bonds is 6. The number of phenols is 2. The van der Waals surface area contributed by atoms with E-state index in [2.05, 4.69) is 31.2 Å². The molecule has 0 radical (unpaired) electrons. The van der Waals surface area contributed by atoms with Gasteiger partial charge in [-0.1, -0.05) is 24.3 Å². The van der Waals surface area contributed by atoms with Gasteiger partial charge < -0.3 is 15.5 Å². The molecule has 0 bridgehead atoms. The molecule has 1 atom stereocenters. The zero-order chi connectivity index (χ0) is 22.8. The van der Waals surface area contributed by atoms with Gasteiger partial charge in [-0.2, -0.15) is 9.61 Å². The van der Waals surface area contributed by atoms with Crippen molar-refractivity contribution < 1.29 is 10.2 Å². The van der Waals surface area contributed by atoms with Crippen LogP contribution in [0.2, 0.25) is 0 Å². The minimum Gasteiger partial charge on any atom is -0.508 e. The monoisotopic (exact) mass is 507 g/mol. The number of likely N-dealkylation sites (tertiary alicyclic amines) is 1. The van der Waals surface area contributed by atoms with Gasteiger partial charge in [0.05, 0.1) is 16.4 Å². The summed E-state index contributed by atoms with van der Waals surface area (Å²) in [4.78, 5) is 7.19. The van der Waals surface area contributed by atoms with Crippen molar-refractivity contribution in [1.82, 2.24) is 19.5 Å². The summed E-state index contributed by atoms with van der Waals surface area (Å²) < 4.78 is 2.60. The first-order chi connectivity index (χ1) is 16.1. The number of hydrogen-bond acceptors (Lipinski definition) is 6. The number of phenolic OH excluding ortho intramolecular Hbond substituents is 2. The molecule has 5 rings (SSSR count). The first kappa shape index (κ1) is 21.7. The highest BCUT2D eigenvalue weighted by Gasteiger charge is 2.21. The van der Waals surface area contributed by atoms with Crippen LogP contribution >= 0.6 is 15.9 Å². The molecule has 0 aliphatic carbocycles. The van der Waals surface area contributed by atoms with Crippen molar-refractivity contribution in [2.24, 2.45) is 5.92 Å². The molecule has 2 aromatic heterocycles. The second kappa shape index (κ2) is 9.41. The Morgan fingerprint density at radius 2 is 1.91 bits per heavy atom. The Kier molecular flexibility index (Phi) is 6.20. The van der Waals surface area contributed by atoms with Crippen molar-refractivity contribution in [3.8, 4) is 22.8 Å². The first-order valence-electron chi connectivity index (χ1n) is 11.1. The molecule has 1 unspecified atom stereocenters. The number of hydrogen-bond donors (Lipinski definition) is 3. The van der Waals surface area contributed by atoms with Crippen molar-refractivity contribution in [1.29, 1.82) is 0 Å². The highest BCUT2D eigenvalue weighted by molar-refractivity contribution is 9.10. The quantitative estimate of drug-likeness (QED) is 0.344. The van der Waals surface area contributed by atoms with Crippen LogP contribution < -0.4 is 5.32 Å². The van der Waals surface area contributed by atoms with Crippen molar-refractivity contribution in [2.45, 2.75) is 19.4 Å². The fourth-order valence-corrected chi connectivity index (χ4v) is 4.81. The van der Waals surface area contributed by atoms with E-state index < -0.39 is 0 Å². The number of benzene rings is 2. The SMILES string of the molecule is Oc1ccc(CN2CCCC(CNc3cc(-c4ccccc4O)nc4c(Br)cnn34)C2)cc1. The van der Waals surface area contributed by atoms with Crippen molar-refractivity contribution in [3.63, 3.8) is 0 Å². The summed E-state index contributed by atoms with van der Waals surface area (Å²) in [6.45, 7) is 3.81. The van der Waals surface area contributed by atoms with E-state index in [1.807, 2.05) is 30.3 Å². The van der Waals surface area contributed by atoms with E-state index in [1.54, 1.807) is 35.0 Å². The average Bonchev–Trinajstić information content (AvgIpc) is 3.20. The Balaban J connectivity index is 1.32. The van der Waals surface area contributed by atoms with Crippen LogP contribution in [0.1, 0.15) is 18.4 Å². The molecule has 0 amide bonds. The predicted octanol–water partition coefficient (Wildman–Crippen LogP) is 4.89. The number of para-hydroxylation sites is 1. The summed E-state index contributed by atoms with van der Waals surface area (Å²) in [5.74, 6) is 1.86. The van der Waals surface area contributed by atoms with Crippen LogP contribution in [-0.4, -0.2) is 49.3 Å². The molecule has 3 heterocycles. The minimum absolute atomic E-state index is 0.202. The third-order valence-electron chi connectivity index (χ3n) is 6.13. The van der Waals surface area contributed by atoms with Gasteiger partial charge in [0, 0.05) is 31.3 Å². The van der Waals surface area contributed by atoms with E-state index in [-0.39, 0.29) is 5.75 Å². The van der Waals surface area contributed by atoms with Crippen LogP contribution in [0.5, 0.6) is 11.5 Å². The van der Waals surface area contributed by atoms with Gasteiger partial charge in [0.2, 0.25) is 0 Å². The maximum Gasteiger partial charge on any atom is 0.172 e. The zero-order valence-electron chi connectivity index (χ0n) is 18.2. The molecule has 1 aliphatic rings. The Morgan fingerprint density at radius 3 is 2.73 bits per heavy atom. The topological polar surface area (TPSA) is 85.9 Å². The molecule has 1 fully saturated rings. The fourth-order valence-electron chi connectivity index (χ4n) is 4.46. The third-order valence-corrected chi connectivity index (χ3v) is 6.69. The fraction of sp³-hybridized carbons (Fsp3) is 0.280. The van der Waals surface area contributed by atoms with Gasteiger partial charge in [-0.3, -0.25) is 4.90 Å². The van der Waals surface area contributed by atoms with Crippen molar-refractivity contribution >= 4 is 27.4 Å². The Hall–Kier alpha value is -3.10. The second-order valence-electron chi connectivity index (χ2n) is 8.56. The van der Waals surface area contributed by atoms with Crippen LogP contribution in [0.15, 0.2) is 65.3 Å². The third kappa shape index (κ3) is 4.82. The van der Waals surface area contributed by atoms with E-state index in [0.29, 0.717) is 28.6 Å². The number of aromatic nitrogens is 3. The molecule has 3 N–H and O–H groups in total. The van der Waals surface area contributed by atoms with Gasteiger partial charge in [0.25, 0.3) is 0 Å². The van der Waals surface area contributed by atoms with Crippen LogP contribution in [0.4, 0.5) is 5.82 Å². The average molecular weight is 508 g/mol. The normalized spacial score (nSPS) is 16.8. The number of aromatic hydroxyl groups is 2. The summed E-state index contributed by atoms with van der Waals surface area (Å²) in [7, 11) is 0. The van der Waals surface area contributed by atoms with E-state index >= 15 is 0 Å². The van der Waals surface area contributed by atoms with Crippen LogP contribution in [0, 0.1) is 5.92 Å². The highest BCUT2D eigenvalue weighted by Crippen LogP contribution is 2.31. The summed E-state index contributed by atoms with van der Waals surface area (Å²) in [5.41, 5.74) is 3.30. The number of halogens is 1. The molecule has 33 heavy (non-hydrogen) atoms. The van der Waals surface area contributed by atoms with Gasteiger partial charge >= 0.3 is 0 Å². The van der Waals surface area contributed by atoms with E-state index in [0.717, 1.165) is 42.9 Å². The number of nitrogens with zero attached hydrogens (tertiary/aromatic N) is 4. The van der Waals surface area contributed by atoms with Crippen LogP contribution in [0.25, 0.3) is 16.9 Å². The Bertz CT molecular complexity index is 1260. The lowest BCUT2D eigenvalue weighted by molar-refractivity contribution is 0.173. The molecule has 7 nitrogen and oxygen atoms in total. The summed E-state index contributed by atoms with van der Waals surface area (Å²) >= 11 is 3.54. The summed E-state index contributed by atoms with van der Waals surface area (Å²) in [6.07, 6.45) is 4.07. The number of piperidine rings is 1. The summed E-state index contributed by atoms with van der Waals surface area (Å²) in [5, 5.41) is 27.9. The van der Waals surface area contributed by atoms with Crippen molar-refractivity contribution in [3.05, 3.63) is 70.8 Å². The number of fused-ring (bicyclic) bond motifs is 1. The molecule has 1 aliphatic heterocycles. The van der Waals surface area contributed by atoms with E-state index in [9.17, 15) is 10.2 Å². The lowest BCUT2D eigenvalue weighted by atomic mass is 9.97. The number of anilines is 1. The van der Waals surface area contributed by atoms with E-state index in [4.69, 9.17) is 4.98 Å².